The average molecular weight is 374 g/mol. The highest BCUT2D eigenvalue weighted by Gasteiger charge is 2.43. The predicted molar refractivity (Wildman–Crippen MR) is 68.6 cm³/mol. The molecule has 0 aliphatic rings. The lowest BCUT2D eigenvalue weighted by molar-refractivity contribution is -0.274. The van der Waals surface area contributed by atoms with Crippen molar-refractivity contribution < 1.29 is 44.3 Å². The molecule has 0 amide bonds. The molecule has 2 rings (SSSR count). The summed E-state index contributed by atoms with van der Waals surface area (Å²) < 4.78 is 118. The minimum Gasteiger partial charge on any atom is -0.405 e. The second kappa shape index (κ2) is 6.16. The normalized spacial score (nSPS) is 13.0. The van der Waals surface area contributed by atoms with Crippen LogP contribution in [0.1, 0.15) is 11.1 Å². The zero-order chi connectivity index (χ0) is 19.0. The molecule has 0 unspecified atom stereocenters. The molecular formula is C15H7F9O. The van der Waals surface area contributed by atoms with E-state index < -0.39 is 46.7 Å². The lowest BCUT2D eigenvalue weighted by Gasteiger charge is -2.18. The van der Waals surface area contributed by atoms with Crippen molar-refractivity contribution >= 4 is 0 Å². The largest absolute Gasteiger partial charge is 0.573 e. The number of rotatable bonds is 2. The molecule has 0 bridgehead atoms. The smallest absolute Gasteiger partial charge is 0.405 e. The van der Waals surface area contributed by atoms with Crippen molar-refractivity contribution in [3.63, 3.8) is 0 Å². The standard InChI is InChI=1S/C15H7F9O/c16-13(17,18)10-6-5-8(7-11(10)14(19,20)21)9-3-1-2-4-12(9)25-15(22,23)24/h1-7H. The van der Waals surface area contributed by atoms with Gasteiger partial charge in [-0.05, 0) is 23.8 Å². The number of alkyl halides is 9. The van der Waals surface area contributed by atoms with Crippen LogP contribution in [0.5, 0.6) is 5.75 Å². The van der Waals surface area contributed by atoms with Gasteiger partial charge in [-0.25, -0.2) is 0 Å². The highest BCUT2D eigenvalue weighted by atomic mass is 19.4. The second-order valence-electron chi connectivity index (χ2n) is 4.80. The topological polar surface area (TPSA) is 9.23 Å². The molecule has 2 aromatic rings. The van der Waals surface area contributed by atoms with Crippen LogP contribution in [-0.2, 0) is 12.4 Å². The first-order valence-electron chi connectivity index (χ1n) is 6.42. The van der Waals surface area contributed by atoms with Gasteiger partial charge >= 0.3 is 18.7 Å². The maximum absolute atomic E-state index is 12.9. The summed E-state index contributed by atoms with van der Waals surface area (Å²) in [6.45, 7) is 0. The van der Waals surface area contributed by atoms with Gasteiger partial charge in [-0.2, -0.15) is 26.3 Å². The quantitative estimate of drug-likeness (QED) is 0.562. The zero-order valence-corrected chi connectivity index (χ0v) is 11.9. The fourth-order valence-electron chi connectivity index (χ4n) is 2.11. The highest BCUT2D eigenvalue weighted by molar-refractivity contribution is 5.71. The Hall–Kier alpha value is -2.39. The van der Waals surface area contributed by atoms with E-state index in [9.17, 15) is 39.5 Å². The average Bonchev–Trinajstić information content (AvgIpc) is 2.43. The van der Waals surface area contributed by atoms with Crippen molar-refractivity contribution in [2.45, 2.75) is 18.7 Å². The van der Waals surface area contributed by atoms with E-state index in [-0.39, 0.29) is 12.1 Å². The van der Waals surface area contributed by atoms with E-state index in [0.717, 1.165) is 18.2 Å². The van der Waals surface area contributed by atoms with Gasteiger partial charge in [0.1, 0.15) is 5.75 Å². The molecule has 2 aromatic carbocycles. The highest BCUT2D eigenvalue weighted by Crippen LogP contribution is 2.43. The summed E-state index contributed by atoms with van der Waals surface area (Å²) in [7, 11) is 0. The first-order chi connectivity index (χ1) is 11.3. The number of benzene rings is 2. The molecule has 25 heavy (non-hydrogen) atoms. The van der Waals surface area contributed by atoms with Gasteiger partial charge in [-0.15, -0.1) is 13.2 Å². The van der Waals surface area contributed by atoms with Crippen molar-refractivity contribution in [3.8, 4) is 16.9 Å². The third-order valence-corrected chi connectivity index (χ3v) is 3.05. The summed E-state index contributed by atoms with van der Waals surface area (Å²) in [5, 5.41) is 0. The van der Waals surface area contributed by atoms with Crippen LogP contribution < -0.4 is 4.74 Å². The molecule has 0 aliphatic carbocycles. The summed E-state index contributed by atoms with van der Waals surface area (Å²) in [5.74, 6) is -0.831. The van der Waals surface area contributed by atoms with Gasteiger partial charge in [0.2, 0.25) is 0 Å². The third-order valence-electron chi connectivity index (χ3n) is 3.05. The molecule has 0 fully saturated rings. The zero-order valence-electron chi connectivity index (χ0n) is 11.9. The number of ether oxygens (including phenoxy) is 1. The van der Waals surface area contributed by atoms with Crippen LogP contribution in [0.4, 0.5) is 39.5 Å². The Labute approximate surface area is 134 Å². The molecule has 10 heteroatoms. The first kappa shape index (κ1) is 18.9. The molecule has 0 saturated carbocycles. The molecule has 136 valence electrons. The van der Waals surface area contributed by atoms with E-state index in [1.807, 2.05) is 0 Å². The fourth-order valence-corrected chi connectivity index (χ4v) is 2.11. The Bertz CT molecular complexity index is 757. The number of para-hydroxylation sites is 1. The van der Waals surface area contributed by atoms with Gasteiger partial charge in [0.25, 0.3) is 0 Å². The fraction of sp³-hybridized carbons (Fsp3) is 0.200. The molecule has 0 saturated heterocycles. The van der Waals surface area contributed by atoms with Crippen molar-refractivity contribution in [2.24, 2.45) is 0 Å². The lowest BCUT2D eigenvalue weighted by Crippen LogP contribution is -2.18. The Balaban J connectivity index is 2.63. The summed E-state index contributed by atoms with van der Waals surface area (Å²) in [6.07, 6.45) is -15.7. The van der Waals surface area contributed by atoms with Crippen LogP contribution in [0.25, 0.3) is 11.1 Å². The molecule has 0 aliphatic heterocycles. The molecule has 0 heterocycles. The molecule has 0 atom stereocenters. The SMILES string of the molecule is FC(F)(F)Oc1ccccc1-c1ccc(C(F)(F)F)c(C(F)(F)F)c1. The van der Waals surface area contributed by atoms with Gasteiger partial charge in [-0.3, -0.25) is 0 Å². The van der Waals surface area contributed by atoms with Gasteiger partial charge in [0, 0.05) is 5.56 Å². The van der Waals surface area contributed by atoms with Crippen molar-refractivity contribution in [2.75, 3.05) is 0 Å². The van der Waals surface area contributed by atoms with E-state index in [1.165, 1.54) is 6.07 Å². The van der Waals surface area contributed by atoms with Crippen LogP contribution in [0.15, 0.2) is 42.5 Å². The van der Waals surface area contributed by atoms with Crippen LogP contribution in [0.3, 0.4) is 0 Å². The van der Waals surface area contributed by atoms with E-state index in [4.69, 9.17) is 0 Å². The second-order valence-corrected chi connectivity index (χ2v) is 4.80. The Morgan fingerprint density at radius 2 is 1.20 bits per heavy atom. The number of hydrogen-bond donors (Lipinski definition) is 0. The number of hydrogen-bond acceptors (Lipinski definition) is 1. The van der Waals surface area contributed by atoms with E-state index >= 15 is 0 Å². The monoisotopic (exact) mass is 374 g/mol. The summed E-state index contributed by atoms with van der Waals surface area (Å²) in [6, 6.07) is 5.15. The Morgan fingerprint density at radius 1 is 0.640 bits per heavy atom. The third kappa shape index (κ3) is 4.58. The van der Waals surface area contributed by atoms with Gasteiger partial charge in [0.15, 0.2) is 0 Å². The predicted octanol–water partition coefficient (Wildman–Crippen LogP) is 6.29. The molecule has 0 radical (unpaired) electrons. The van der Waals surface area contributed by atoms with Gasteiger partial charge in [0.05, 0.1) is 11.1 Å². The van der Waals surface area contributed by atoms with Gasteiger partial charge in [-0.1, -0.05) is 24.3 Å². The van der Waals surface area contributed by atoms with Crippen LogP contribution >= 0.6 is 0 Å². The molecular weight excluding hydrogens is 367 g/mol. The minimum absolute atomic E-state index is 0.140. The van der Waals surface area contributed by atoms with Crippen molar-refractivity contribution in [1.29, 1.82) is 0 Å². The van der Waals surface area contributed by atoms with E-state index in [2.05, 4.69) is 4.74 Å². The summed E-state index contributed by atoms with van der Waals surface area (Å²) >= 11 is 0. The lowest BCUT2D eigenvalue weighted by atomic mass is 9.98. The van der Waals surface area contributed by atoms with Crippen LogP contribution in [0.2, 0.25) is 0 Å². The molecule has 1 nitrogen and oxygen atoms in total. The first-order valence-corrected chi connectivity index (χ1v) is 6.42. The van der Waals surface area contributed by atoms with E-state index in [0.29, 0.717) is 6.07 Å². The molecule has 0 N–H and O–H groups in total. The molecule has 0 spiro atoms. The maximum atomic E-state index is 12.9. The summed E-state index contributed by atoms with van der Waals surface area (Å²) in [5.41, 5.74) is -4.86. The van der Waals surface area contributed by atoms with Gasteiger partial charge < -0.3 is 4.74 Å². The maximum Gasteiger partial charge on any atom is 0.573 e. The minimum atomic E-state index is -5.35. The Kier molecular flexibility index (Phi) is 4.67. The van der Waals surface area contributed by atoms with Crippen LogP contribution in [0, 0.1) is 0 Å². The Morgan fingerprint density at radius 3 is 1.72 bits per heavy atom. The van der Waals surface area contributed by atoms with Crippen molar-refractivity contribution in [1.82, 2.24) is 0 Å². The van der Waals surface area contributed by atoms with E-state index in [1.54, 1.807) is 0 Å². The number of halogens is 9. The van der Waals surface area contributed by atoms with Crippen LogP contribution in [-0.4, -0.2) is 6.36 Å². The summed E-state index contributed by atoms with van der Waals surface area (Å²) in [4.78, 5) is 0. The molecule has 0 aromatic heterocycles. The van der Waals surface area contributed by atoms with Crippen molar-refractivity contribution in [3.05, 3.63) is 53.6 Å².